The molecule has 1 aliphatic heterocycles. The van der Waals surface area contributed by atoms with Crippen LogP contribution in [0.15, 0.2) is 59.4 Å². The summed E-state index contributed by atoms with van der Waals surface area (Å²) in [5.74, 6) is -0.301. The number of nitrogens with zero attached hydrogens (tertiary/aromatic N) is 4. The van der Waals surface area contributed by atoms with Gasteiger partial charge in [-0.3, -0.25) is 9.59 Å². The van der Waals surface area contributed by atoms with Gasteiger partial charge in [0, 0.05) is 43.6 Å². The van der Waals surface area contributed by atoms with Crippen molar-refractivity contribution in [3.8, 4) is 5.69 Å². The van der Waals surface area contributed by atoms with Crippen molar-refractivity contribution in [1.82, 2.24) is 14.7 Å². The highest BCUT2D eigenvalue weighted by atomic mass is 16.2. The lowest BCUT2D eigenvalue weighted by atomic mass is 10.1. The molecular formula is C24H26N4O2. The van der Waals surface area contributed by atoms with Gasteiger partial charge in [-0.2, -0.15) is 5.10 Å². The van der Waals surface area contributed by atoms with Crippen LogP contribution < -0.4 is 10.3 Å². The fourth-order valence-corrected chi connectivity index (χ4v) is 3.90. The van der Waals surface area contributed by atoms with Crippen molar-refractivity contribution in [3.63, 3.8) is 0 Å². The molecule has 4 rings (SSSR count). The van der Waals surface area contributed by atoms with Gasteiger partial charge in [0.25, 0.3) is 5.91 Å². The van der Waals surface area contributed by atoms with E-state index < -0.39 is 0 Å². The standard InChI is InChI=1S/C24H26N4O2/c1-17-8-7-11-21(19(17)3)26-12-14-27(15-13-26)24(30)23-22(29)16-18(2)28(25-23)20-9-5-4-6-10-20/h4-11,16H,12-15H2,1-3H3. The van der Waals surface area contributed by atoms with Gasteiger partial charge >= 0.3 is 0 Å². The molecule has 0 spiro atoms. The van der Waals surface area contributed by atoms with Gasteiger partial charge in [-0.15, -0.1) is 0 Å². The van der Waals surface area contributed by atoms with E-state index >= 15 is 0 Å². The summed E-state index contributed by atoms with van der Waals surface area (Å²) in [5.41, 5.74) is 4.90. The van der Waals surface area contributed by atoms with Gasteiger partial charge < -0.3 is 9.80 Å². The van der Waals surface area contributed by atoms with E-state index in [2.05, 4.69) is 42.0 Å². The lowest BCUT2D eigenvalue weighted by Crippen LogP contribution is -2.50. The number of piperazine rings is 1. The quantitative estimate of drug-likeness (QED) is 0.675. The second-order valence-electron chi connectivity index (χ2n) is 7.74. The predicted molar refractivity (Wildman–Crippen MR) is 119 cm³/mol. The number of rotatable bonds is 3. The van der Waals surface area contributed by atoms with Gasteiger partial charge in [0.05, 0.1) is 5.69 Å². The molecule has 1 aromatic heterocycles. The summed E-state index contributed by atoms with van der Waals surface area (Å²) in [7, 11) is 0. The van der Waals surface area contributed by atoms with Crippen molar-refractivity contribution in [2.75, 3.05) is 31.1 Å². The predicted octanol–water partition coefficient (Wildman–Crippen LogP) is 3.12. The van der Waals surface area contributed by atoms with Gasteiger partial charge in [0.1, 0.15) is 0 Å². The second kappa shape index (κ2) is 8.14. The highest BCUT2D eigenvalue weighted by molar-refractivity contribution is 5.92. The molecule has 1 amide bonds. The minimum absolute atomic E-state index is 0.0235. The van der Waals surface area contributed by atoms with Gasteiger partial charge in [0.15, 0.2) is 5.69 Å². The lowest BCUT2D eigenvalue weighted by molar-refractivity contribution is 0.0737. The van der Waals surface area contributed by atoms with Crippen molar-refractivity contribution >= 4 is 11.6 Å². The Kier molecular flexibility index (Phi) is 5.40. The maximum absolute atomic E-state index is 13.1. The van der Waals surface area contributed by atoms with Gasteiger partial charge in [-0.25, -0.2) is 4.68 Å². The zero-order valence-electron chi connectivity index (χ0n) is 17.6. The van der Waals surface area contributed by atoms with E-state index in [0.717, 1.165) is 18.8 Å². The Labute approximate surface area is 176 Å². The van der Waals surface area contributed by atoms with Gasteiger partial charge in [0.2, 0.25) is 5.43 Å². The summed E-state index contributed by atoms with van der Waals surface area (Å²) in [6, 6.07) is 17.3. The number of carbonyl (C=O) groups is 1. The van der Waals surface area contributed by atoms with Crippen LogP contribution in [0.2, 0.25) is 0 Å². The minimum atomic E-state index is -0.332. The maximum atomic E-state index is 13.1. The first-order valence-electron chi connectivity index (χ1n) is 10.2. The SMILES string of the molecule is Cc1cccc(N2CCN(C(=O)c3nn(-c4ccccc4)c(C)cc3=O)CC2)c1C. The second-order valence-corrected chi connectivity index (χ2v) is 7.74. The Morgan fingerprint density at radius 3 is 2.30 bits per heavy atom. The van der Waals surface area contributed by atoms with Crippen LogP contribution in [0.5, 0.6) is 0 Å². The monoisotopic (exact) mass is 402 g/mol. The Morgan fingerprint density at radius 2 is 1.60 bits per heavy atom. The van der Waals surface area contributed by atoms with Crippen LogP contribution in [0.3, 0.4) is 0 Å². The van der Waals surface area contributed by atoms with Crippen LogP contribution in [0.25, 0.3) is 5.69 Å². The lowest BCUT2D eigenvalue weighted by Gasteiger charge is -2.36. The summed E-state index contributed by atoms with van der Waals surface area (Å²) < 4.78 is 1.65. The fourth-order valence-electron chi connectivity index (χ4n) is 3.90. The number of anilines is 1. The summed E-state index contributed by atoms with van der Waals surface area (Å²) >= 11 is 0. The van der Waals surface area contributed by atoms with Crippen LogP contribution in [0.1, 0.15) is 27.3 Å². The van der Waals surface area contributed by atoms with E-state index in [0.29, 0.717) is 18.8 Å². The Balaban J connectivity index is 1.55. The molecule has 0 N–H and O–H groups in total. The van der Waals surface area contributed by atoms with Crippen molar-refractivity contribution in [2.24, 2.45) is 0 Å². The number of para-hydroxylation sites is 1. The van der Waals surface area contributed by atoms with Crippen molar-refractivity contribution in [2.45, 2.75) is 20.8 Å². The van der Waals surface area contributed by atoms with E-state index in [1.807, 2.05) is 37.3 Å². The van der Waals surface area contributed by atoms with Gasteiger partial charge in [-0.05, 0) is 50.1 Å². The normalized spacial score (nSPS) is 14.1. The molecule has 1 fully saturated rings. The molecule has 0 atom stereocenters. The summed E-state index contributed by atoms with van der Waals surface area (Å²) in [4.78, 5) is 29.7. The van der Waals surface area contributed by atoms with E-state index in [4.69, 9.17) is 0 Å². The van der Waals surface area contributed by atoms with Crippen LogP contribution in [-0.4, -0.2) is 46.8 Å². The number of amides is 1. The molecule has 0 bridgehead atoms. The molecule has 0 unspecified atom stereocenters. The third-order valence-electron chi connectivity index (χ3n) is 5.79. The molecule has 3 aromatic rings. The molecule has 0 saturated carbocycles. The fraction of sp³-hybridized carbons (Fsp3) is 0.292. The van der Waals surface area contributed by atoms with E-state index in [9.17, 15) is 9.59 Å². The molecule has 30 heavy (non-hydrogen) atoms. The smallest absolute Gasteiger partial charge is 0.278 e. The molecule has 6 nitrogen and oxygen atoms in total. The zero-order valence-corrected chi connectivity index (χ0v) is 17.6. The first-order valence-corrected chi connectivity index (χ1v) is 10.2. The molecule has 2 aromatic carbocycles. The largest absolute Gasteiger partial charge is 0.368 e. The Hall–Kier alpha value is -3.41. The van der Waals surface area contributed by atoms with Crippen LogP contribution in [-0.2, 0) is 0 Å². The third-order valence-corrected chi connectivity index (χ3v) is 5.79. The average Bonchev–Trinajstić information content (AvgIpc) is 2.76. The molecular weight excluding hydrogens is 376 g/mol. The van der Waals surface area contributed by atoms with Crippen molar-refractivity contribution < 1.29 is 4.79 Å². The number of benzene rings is 2. The first kappa shape index (κ1) is 19.9. The molecule has 1 saturated heterocycles. The van der Waals surface area contributed by atoms with Crippen LogP contribution in [0.4, 0.5) is 5.69 Å². The first-order chi connectivity index (χ1) is 14.5. The van der Waals surface area contributed by atoms with E-state index in [-0.39, 0.29) is 17.0 Å². The van der Waals surface area contributed by atoms with Crippen molar-refractivity contribution in [3.05, 3.63) is 87.3 Å². The third kappa shape index (κ3) is 3.73. The maximum Gasteiger partial charge on any atom is 0.278 e. The van der Waals surface area contributed by atoms with Crippen LogP contribution >= 0.6 is 0 Å². The molecule has 0 radical (unpaired) electrons. The molecule has 2 heterocycles. The summed E-state index contributed by atoms with van der Waals surface area (Å²) in [5, 5.41) is 4.42. The highest BCUT2D eigenvalue weighted by Gasteiger charge is 2.26. The minimum Gasteiger partial charge on any atom is -0.368 e. The van der Waals surface area contributed by atoms with Gasteiger partial charge in [-0.1, -0.05) is 30.3 Å². The summed E-state index contributed by atoms with van der Waals surface area (Å²) in [6.45, 7) is 8.64. The number of aryl methyl sites for hydroxylation is 2. The Bertz CT molecular complexity index is 1130. The van der Waals surface area contributed by atoms with Crippen molar-refractivity contribution in [1.29, 1.82) is 0 Å². The zero-order chi connectivity index (χ0) is 21.3. The summed E-state index contributed by atoms with van der Waals surface area (Å²) in [6.07, 6.45) is 0. The number of hydrogen-bond donors (Lipinski definition) is 0. The highest BCUT2D eigenvalue weighted by Crippen LogP contribution is 2.24. The number of aromatic nitrogens is 2. The molecule has 1 aliphatic rings. The Morgan fingerprint density at radius 1 is 0.900 bits per heavy atom. The molecule has 6 heteroatoms. The number of carbonyl (C=O) groups excluding carboxylic acids is 1. The van der Waals surface area contributed by atoms with Crippen LogP contribution in [0, 0.1) is 20.8 Å². The topological polar surface area (TPSA) is 58.4 Å². The number of hydrogen-bond acceptors (Lipinski definition) is 4. The molecule has 0 aliphatic carbocycles. The molecule has 154 valence electrons. The van der Waals surface area contributed by atoms with E-state index in [1.165, 1.54) is 22.9 Å². The average molecular weight is 402 g/mol. The van der Waals surface area contributed by atoms with E-state index in [1.54, 1.807) is 9.58 Å².